The van der Waals surface area contributed by atoms with Crippen LogP contribution in [0.1, 0.15) is 38.2 Å². The Labute approximate surface area is 159 Å². The summed E-state index contributed by atoms with van der Waals surface area (Å²) < 4.78 is 0. The monoisotopic (exact) mass is 367 g/mol. The van der Waals surface area contributed by atoms with Crippen LogP contribution in [0.2, 0.25) is 0 Å². The Balaban J connectivity index is 1.60. The highest BCUT2D eigenvalue weighted by Gasteiger charge is 2.21. The van der Waals surface area contributed by atoms with Crippen LogP contribution in [0.4, 0.5) is 17.8 Å². The van der Waals surface area contributed by atoms with Crippen LogP contribution in [-0.2, 0) is 0 Å². The Bertz CT molecular complexity index is 792. The molecule has 1 aromatic heterocycles. The molecule has 2 N–H and O–H groups in total. The normalized spacial score (nSPS) is 17.6. The minimum Gasteiger partial charge on any atom is -0.507 e. The molecule has 0 spiro atoms. The molecule has 2 aliphatic rings. The number of phenols is 1. The molecule has 1 aromatic carbocycles. The Morgan fingerprint density at radius 2 is 1.48 bits per heavy atom. The topological polar surface area (TPSA) is 89.8 Å². The molecule has 0 amide bonds. The van der Waals surface area contributed by atoms with E-state index in [9.17, 15) is 5.11 Å². The Morgan fingerprint density at radius 1 is 0.926 bits per heavy atom. The van der Waals surface area contributed by atoms with Crippen molar-refractivity contribution in [1.82, 2.24) is 15.0 Å². The molecule has 27 heavy (non-hydrogen) atoms. The molecule has 0 radical (unpaired) electrons. The van der Waals surface area contributed by atoms with Crippen LogP contribution in [0.15, 0.2) is 29.4 Å². The Morgan fingerprint density at radius 3 is 2.04 bits per heavy atom. The van der Waals surface area contributed by atoms with E-state index in [4.69, 9.17) is 4.98 Å². The summed E-state index contributed by atoms with van der Waals surface area (Å²) in [6.45, 7) is 5.74. The summed E-state index contributed by atoms with van der Waals surface area (Å²) in [6, 6.07) is 7.13. The molecule has 8 heteroatoms. The highest BCUT2D eigenvalue weighted by Crippen LogP contribution is 2.23. The van der Waals surface area contributed by atoms with E-state index in [0.717, 1.165) is 51.9 Å². The summed E-state index contributed by atoms with van der Waals surface area (Å²) >= 11 is 0. The lowest BCUT2D eigenvalue weighted by atomic mass is 10.1. The van der Waals surface area contributed by atoms with Gasteiger partial charge in [0.15, 0.2) is 0 Å². The molecular weight excluding hydrogens is 342 g/mol. The molecule has 3 heterocycles. The first kappa shape index (κ1) is 17.5. The standard InChI is InChI=1S/C19H25N7O/c1-14(15-8-2-3-9-16(15)27)23-24-17-20-18(25-10-4-5-11-25)22-19(21-17)26-12-6-7-13-26/h2-3,8-9,27H,4-7,10-13H2,1H3,(H,20,21,22,24). The van der Waals surface area contributed by atoms with Gasteiger partial charge in [-0.1, -0.05) is 12.1 Å². The van der Waals surface area contributed by atoms with Crippen molar-refractivity contribution in [2.75, 3.05) is 41.4 Å². The highest BCUT2D eigenvalue weighted by atomic mass is 16.3. The molecular formula is C19H25N7O. The van der Waals surface area contributed by atoms with E-state index < -0.39 is 0 Å². The fourth-order valence-corrected chi connectivity index (χ4v) is 3.49. The number of nitrogens with zero attached hydrogens (tertiary/aromatic N) is 6. The van der Waals surface area contributed by atoms with Crippen molar-refractivity contribution in [2.45, 2.75) is 32.6 Å². The van der Waals surface area contributed by atoms with Crippen molar-refractivity contribution < 1.29 is 5.11 Å². The number of aromatic nitrogens is 3. The van der Waals surface area contributed by atoms with Crippen LogP contribution in [-0.4, -0.2) is 51.9 Å². The number of aromatic hydroxyl groups is 1. The van der Waals surface area contributed by atoms with Gasteiger partial charge in [-0.25, -0.2) is 5.43 Å². The lowest BCUT2D eigenvalue weighted by molar-refractivity contribution is 0.474. The van der Waals surface area contributed by atoms with Crippen molar-refractivity contribution in [1.29, 1.82) is 0 Å². The summed E-state index contributed by atoms with van der Waals surface area (Å²) in [7, 11) is 0. The second kappa shape index (κ2) is 7.77. The molecule has 0 aliphatic carbocycles. The first-order valence-electron chi connectivity index (χ1n) is 9.55. The van der Waals surface area contributed by atoms with E-state index in [0.29, 0.717) is 29.1 Å². The van der Waals surface area contributed by atoms with Crippen LogP contribution < -0.4 is 15.2 Å². The quantitative estimate of drug-likeness (QED) is 0.620. The maximum absolute atomic E-state index is 9.99. The van der Waals surface area contributed by atoms with E-state index in [1.54, 1.807) is 12.1 Å². The van der Waals surface area contributed by atoms with Crippen molar-refractivity contribution in [3.63, 3.8) is 0 Å². The number of hydrogen-bond donors (Lipinski definition) is 2. The second-order valence-corrected chi connectivity index (χ2v) is 6.97. The van der Waals surface area contributed by atoms with Crippen LogP contribution in [0.25, 0.3) is 0 Å². The SMILES string of the molecule is CC(=NNc1nc(N2CCCC2)nc(N2CCCC2)n1)c1ccccc1O. The summed E-state index contributed by atoms with van der Waals surface area (Å²) in [5.74, 6) is 2.06. The molecule has 2 aliphatic heterocycles. The third-order valence-electron chi connectivity index (χ3n) is 5.01. The van der Waals surface area contributed by atoms with E-state index in [2.05, 4.69) is 30.3 Å². The number of benzene rings is 1. The zero-order chi connectivity index (χ0) is 18.6. The van der Waals surface area contributed by atoms with Gasteiger partial charge in [0.05, 0.1) is 5.71 Å². The Hall–Kier alpha value is -2.90. The van der Waals surface area contributed by atoms with Crippen molar-refractivity contribution in [3.05, 3.63) is 29.8 Å². The number of hydrazone groups is 1. The maximum Gasteiger partial charge on any atom is 0.250 e. The summed E-state index contributed by atoms with van der Waals surface area (Å²) in [5.41, 5.74) is 4.30. The minimum atomic E-state index is 0.201. The molecule has 2 saturated heterocycles. The van der Waals surface area contributed by atoms with Crippen LogP contribution in [0.5, 0.6) is 5.75 Å². The molecule has 0 saturated carbocycles. The van der Waals surface area contributed by atoms with Gasteiger partial charge < -0.3 is 14.9 Å². The van der Waals surface area contributed by atoms with Gasteiger partial charge in [0.2, 0.25) is 17.8 Å². The third kappa shape index (κ3) is 3.94. The number of nitrogens with one attached hydrogen (secondary N) is 1. The van der Waals surface area contributed by atoms with Gasteiger partial charge in [0.1, 0.15) is 5.75 Å². The molecule has 0 unspecified atom stereocenters. The summed E-state index contributed by atoms with van der Waals surface area (Å²) in [6.07, 6.45) is 4.66. The number of phenolic OH excluding ortho intramolecular Hbond substituents is 1. The maximum atomic E-state index is 9.99. The van der Waals surface area contributed by atoms with Gasteiger partial charge in [-0.05, 0) is 44.7 Å². The van der Waals surface area contributed by atoms with Gasteiger partial charge in [-0.15, -0.1) is 0 Å². The van der Waals surface area contributed by atoms with Crippen molar-refractivity contribution in [3.8, 4) is 5.75 Å². The van der Waals surface area contributed by atoms with Crippen molar-refractivity contribution >= 4 is 23.6 Å². The van der Waals surface area contributed by atoms with Crippen LogP contribution in [0.3, 0.4) is 0 Å². The lowest BCUT2D eigenvalue weighted by Gasteiger charge is -2.20. The van der Waals surface area contributed by atoms with E-state index in [1.807, 2.05) is 19.1 Å². The molecule has 0 atom stereocenters. The number of rotatable bonds is 5. The third-order valence-corrected chi connectivity index (χ3v) is 5.01. The first-order valence-corrected chi connectivity index (χ1v) is 9.55. The zero-order valence-corrected chi connectivity index (χ0v) is 15.6. The lowest BCUT2D eigenvalue weighted by Crippen LogP contribution is -2.25. The second-order valence-electron chi connectivity index (χ2n) is 6.97. The molecule has 0 bridgehead atoms. The Kier molecular flexibility index (Phi) is 5.04. The van der Waals surface area contributed by atoms with Gasteiger partial charge >= 0.3 is 0 Å². The molecule has 8 nitrogen and oxygen atoms in total. The predicted octanol–water partition coefficient (Wildman–Crippen LogP) is 2.61. The first-order chi connectivity index (χ1) is 13.2. The van der Waals surface area contributed by atoms with Gasteiger partial charge in [-0.3, -0.25) is 0 Å². The van der Waals surface area contributed by atoms with Gasteiger partial charge in [0, 0.05) is 31.7 Å². The number of para-hydroxylation sites is 1. The summed E-state index contributed by atoms with van der Waals surface area (Å²) in [5, 5.41) is 14.4. The van der Waals surface area contributed by atoms with E-state index in [-0.39, 0.29) is 5.75 Å². The molecule has 142 valence electrons. The van der Waals surface area contributed by atoms with Gasteiger partial charge in [-0.2, -0.15) is 20.1 Å². The smallest absolute Gasteiger partial charge is 0.250 e. The highest BCUT2D eigenvalue weighted by molar-refractivity contribution is 6.01. The number of hydrogen-bond acceptors (Lipinski definition) is 8. The summed E-state index contributed by atoms with van der Waals surface area (Å²) in [4.78, 5) is 18.2. The largest absolute Gasteiger partial charge is 0.507 e. The number of anilines is 3. The fraction of sp³-hybridized carbons (Fsp3) is 0.474. The van der Waals surface area contributed by atoms with Gasteiger partial charge in [0.25, 0.3) is 0 Å². The van der Waals surface area contributed by atoms with E-state index in [1.165, 1.54) is 0 Å². The van der Waals surface area contributed by atoms with E-state index >= 15 is 0 Å². The fourth-order valence-electron chi connectivity index (χ4n) is 3.49. The minimum absolute atomic E-state index is 0.201. The molecule has 2 aromatic rings. The van der Waals surface area contributed by atoms with Crippen LogP contribution >= 0.6 is 0 Å². The van der Waals surface area contributed by atoms with Crippen molar-refractivity contribution in [2.24, 2.45) is 5.10 Å². The average Bonchev–Trinajstić information content (AvgIpc) is 3.40. The average molecular weight is 367 g/mol. The molecule has 2 fully saturated rings. The predicted molar refractivity (Wildman–Crippen MR) is 107 cm³/mol. The zero-order valence-electron chi connectivity index (χ0n) is 15.6. The molecule has 4 rings (SSSR count). The van der Waals surface area contributed by atoms with Crippen LogP contribution in [0, 0.1) is 0 Å².